The molecule has 0 aromatic heterocycles. The molecule has 0 spiro atoms. The maximum atomic E-state index is 7.33. The SMILES string of the molecule is O[Si](O)(O)O.[H-].[H-].[Li+].[Li+].[Ti]. The fraction of sp³-hybridized carbons (Fsp3) is 0. The summed E-state index contributed by atoms with van der Waals surface area (Å²) in [7, 11) is -4.61. The predicted molar refractivity (Wildman–Crippen MR) is 16.9 cm³/mol. The number of hydrogen-bond acceptors (Lipinski definition) is 4. The van der Waals surface area contributed by atoms with Crippen LogP contribution in [0, 0.1) is 0 Å². The van der Waals surface area contributed by atoms with Gasteiger partial charge in [0.2, 0.25) is 0 Å². The van der Waals surface area contributed by atoms with Crippen LogP contribution in [-0.4, -0.2) is 28.2 Å². The maximum absolute atomic E-state index is 7.33. The van der Waals surface area contributed by atoms with Crippen molar-refractivity contribution in [1.29, 1.82) is 0 Å². The molecule has 4 N–H and O–H groups in total. The summed E-state index contributed by atoms with van der Waals surface area (Å²) in [5.41, 5.74) is 0. The van der Waals surface area contributed by atoms with E-state index in [-0.39, 0.29) is 62.3 Å². The standard InChI is InChI=1S/2Li.H4O4Si.Ti.2H/c;;1-5(2,3)4;;;/h;;1-4H;;;/q2*+1;;;2*-1. The molecule has 0 saturated carbocycles. The van der Waals surface area contributed by atoms with Gasteiger partial charge in [0.25, 0.3) is 0 Å². The quantitative estimate of drug-likeness (QED) is 0.265. The van der Waals surface area contributed by atoms with Crippen molar-refractivity contribution in [1.82, 2.24) is 0 Å². The molecule has 0 saturated heterocycles. The van der Waals surface area contributed by atoms with Gasteiger partial charge in [-0.05, 0) is 0 Å². The van der Waals surface area contributed by atoms with Crippen molar-refractivity contribution in [2.75, 3.05) is 0 Å². The van der Waals surface area contributed by atoms with E-state index in [1.54, 1.807) is 0 Å². The van der Waals surface area contributed by atoms with Gasteiger partial charge in [0.15, 0.2) is 0 Å². The summed E-state index contributed by atoms with van der Waals surface area (Å²) >= 11 is 0. The zero-order chi connectivity index (χ0) is 4.50. The van der Waals surface area contributed by atoms with Crippen LogP contribution in [0.3, 0.4) is 0 Å². The molecule has 0 atom stereocenters. The summed E-state index contributed by atoms with van der Waals surface area (Å²) in [5.74, 6) is 0. The van der Waals surface area contributed by atoms with Gasteiger partial charge >= 0.3 is 46.8 Å². The molecular formula is H6Li2O4SiTi. The summed E-state index contributed by atoms with van der Waals surface area (Å²) < 4.78 is 0. The molecular weight excluding hydrogens is 154 g/mol. The zero-order valence-corrected chi connectivity index (χ0v) is 7.35. The van der Waals surface area contributed by atoms with Gasteiger partial charge in [-0.15, -0.1) is 0 Å². The zero-order valence-electron chi connectivity index (χ0n) is 6.79. The molecule has 0 heterocycles. The summed E-state index contributed by atoms with van der Waals surface area (Å²) in [4.78, 5) is 29.3. The maximum Gasteiger partial charge on any atom is 1.00 e. The Bertz CT molecular complexity index is 36.7. The molecule has 0 rings (SSSR count). The number of rotatable bonds is 0. The minimum absolute atomic E-state index is 0. The third kappa shape index (κ3) is 100. The molecule has 0 bridgehead atoms. The van der Waals surface area contributed by atoms with E-state index in [0.29, 0.717) is 0 Å². The van der Waals surface area contributed by atoms with Gasteiger partial charge in [0.05, 0.1) is 0 Å². The summed E-state index contributed by atoms with van der Waals surface area (Å²) in [6, 6.07) is 0. The van der Waals surface area contributed by atoms with Crippen LogP contribution >= 0.6 is 0 Å². The summed E-state index contributed by atoms with van der Waals surface area (Å²) in [5, 5.41) is 0. The first kappa shape index (κ1) is 22.5. The van der Waals surface area contributed by atoms with Crippen LogP contribution in [0.1, 0.15) is 2.85 Å². The Labute approximate surface area is 90.0 Å². The van der Waals surface area contributed by atoms with Crippen molar-refractivity contribution >= 4 is 9.05 Å². The van der Waals surface area contributed by atoms with Crippen molar-refractivity contribution in [3.8, 4) is 0 Å². The average Bonchev–Trinajstić information content (AvgIpc) is 0.722. The summed E-state index contributed by atoms with van der Waals surface area (Å²) in [6.45, 7) is 0. The fourth-order valence-electron chi connectivity index (χ4n) is 0. The van der Waals surface area contributed by atoms with Crippen molar-refractivity contribution in [2.24, 2.45) is 0 Å². The van der Waals surface area contributed by atoms with Crippen molar-refractivity contribution in [3.05, 3.63) is 0 Å². The van der Waals surface area contributed by atoms with E-state index in [1.165, 1.54) is 0 Å². The van der Waals surface area contributed by atoms with Crippen molar-refractivity contribution in [3.63, 3.8) is 0 Å². The van der Waals surface area contributed by atoms with Crippen LogP contribution in [0.25, 0.3) is 0 Å². The Balaban J connectivity index is -0.00000000800. The molecule has 4 nitrogen and oxygen atoms in total. The molecule has 0 aliphatic carbocycles. The van der Waals surface area contributed by atoms with Gasteiger partial charge in [-0.25, -0.2) is 0 Å². The van der Waals surface area contributed by atoms with E-state index in [9.17, 15) is 0 Å². The van der Waals surface area contributed by atoms with Crippen LogP contribution in [0.2, 0.25) is 0 Å². The molecule has 0 radical (unpaired) electrons. The van der Waals surface area contributed by atoms with E-state index in [2.05, 4.69) is 0 Å². The second-order valence-corrected chi connectivity index (χ2v) is 1.80. The van der Waals surface area contributed by atoms with Gasteiger partial charge < -0.3 is 22.0 Å². The van der Waals surface area contributed by atoms with Gasteiger partial charge in [-0.3, -0.25) is 0 Å². The van der Waals surface area contributed by atoms with Gasteiger partial charge in [0, 0.05) is 21.7 Å². The van der Waals surface area contributed by atoms with Crippen LogP contribution in [-0.2, 0) is 21.7 Å². The molecule has 0 unspecified atom stereocenters. The molecule has 0 fully saturated rings. The van der Waals surface area contributed by atoms with Crippen molar-refractivity contribution < 1.29 is 81.5 Å². The second kappa shape index (κ2) is 8.97. The van der Waals surface area contributed by atoms with E-state index >= 15 is 0 Å². The molecule has 40 valence electrons. The molecule has 0 aliphatic heterocycles. The first-order valence-corrected chi connectivity index (χ1v) is 2.68. The van der Waals surface area contributed by atoms with Gasteiger partial charge in [0.1, 0.15) is 0 Å². The third-order valence-corrected chi connectivity index (χ3v) is 0. The van der Waals surface area contributed by atoms with E-state index < -0.39 is 9.05 Å². The summed E-state index contributed by atoms with van der Waals surface area (Å²) in [6.07, 6.45) is 0. The molecule has 8 heavy (non-hydrogen) atoms. The van der Waals surface area contributed by atoms with Crippen LogP contribution in [0.4, 0.5) is 0 Å². The van der Waals surface area contributed by atoms with E-state index in [4.69, 9.17) is 19.2 Å². The molecule has 0 aromatic rings. The minimum Gasteiger partial charge on any atom is -1.00 e. The largest absolute Gasteiger partial charge is 1.00 e. The van der Waals surface area contributed by atoms with Gasteiger partial charge in [-0.2, -0.15) is 0 Å². The van der Waals surface area contributed by atoms with Crippen molar-refractivity contribution in [2.45, 2.75) is 0 Å². The molecule has 0 aliphatic rings. The topological polar surface area (TPSA) is 80.9 Å². The molecule has 0 amide bonds. The second-order valence-electron chi connectivity index (χ2n) is 0.600. The predicted octanol–water partition coefficient (Wildman–Crippen LogP) is -8.38. The third-order valence-electron chi connectivity index (χ3n) is 0. The first-order valence-electron chi connectivity index (χ1n) is 0.894. The first-order chi connectivity index (χ1) is 2.00. The fourth-order valence-corrected chi connectivity index (χ4v) is 0. The van der Waals surface area contributed by atoms with E-state index in [0.717, 1.165) is 0 Å². The minimum atomic E-state index is -4.61. The van der Waals surface area contributed by atoms with Crippen LogP contribution < -0.4 is 37.7 Å². The Hall–Kier alpha value is 1.97. The van der Waals surface area contributed by atoms with Crippen LogP contribution in [0.5, 0.6) is 0 Å². The Morgan fingerprint density at radius 3 is 0.875 bits per heavy atom. The van der Waals surface area contributed by atoms with Gasteiger partial charge in [-0.1, -0.05) is 0 Å². The Morgan fingerprint density at radius 1 is 0.875 bits per heavy atom. The average molecular weight is 160 g/mol. The van der Waals surface area contributed by atoms with E-state index in [1.807, 2.05) is 0 Å². The molecule has 0 aromatic carbocycles. The smallest absolute Gasteiger partial charge is 1.00 e. The molecule has 8 heteroatoms. The van der Waals surface area contributed by atoms with Crippen LogP contribution in [0.15, 0.2) is 0 Å². The monoisotopic (exact) mass is 160 g/mol. The number of hydrogen-bond donors (Lipinski definition) is 4. The Morgan fingerprint density at radius 2 is 0.875 bits per heavy atom. The Kier molecular flexibility index (Phi) is 25.2. The normalized spacial score (nSPS) is 7.50.